The smallest absolute Gasteiger partial charge is 0.241 e. The molecule has 2 aromatic carbocycles. The zero-order chi connectivity index (χ0) is 19.2. The van der Waals surface area contributed by atoms with Crippen molar-refractivity contribution in [2.45, 2.75) is 45.3 Å². The van der Waals surface area contributed by atoms with Crippen LogP contribution in [0.25, 0.3) is 0 Å². The van der Waals surface area contributed by atoms with E-state index in [4.69, 9.17) is 0 Å². The van der Waals surface area contributed by atoms with Gasteiger partial charge in [0, 0.05) is 24.2 Å². The van der Waals surface area contributed by atoms with E-state index in [-0.39, 0.29) is 23.8 Å². The van der Waals surface area contributed by atoms with Crippen LogP contribution in [0.3, 0.4) is 0 Å². The Morgan fingerprint density at radius 3 is 2.22 bits per heavy atom. The number of carbonyl (C=O) groups excluding carboxylic acids is 2. The van der Waals surface area contributed by atoms with E-state index >= 15 is 0 Å². The predicted molar refractivity (Wildman–Crippen MR) is 107 cm³/mol. The highest BCUT2D eigenvalue weighted by Gasteiger charge is 2.28. The fourth-order valence-electron chi connectivity index (χ4n) is 2.73. The van der Waals surface area contributed by atoms with Crippen molar-refractivity contribution in [3.8, 4) is 0 Å². The molecule has 0 radical (unpaired) electrons. The van der Waals surface area contributed by atoms with E-state index in [9.17, 15) is 9.59 Å². The first-order valence-corrected chi connectivity index (χ1v) is 9.51. The van der Waals surface area contributed by atoms with Gasteiger partial charge in [0.25, 0.3) is 0 Å². The molecule has 0 aliphatic heterocycles. The Labute approximate surface area is 160 Å². The largest absolute Gasteiger partial charge is 0.352 e. The first kappa shape index (κ1) is 19.1. The van der Waals surface area contributed by atoms with E-state index in [0.29, 0.717) is 12.6 Å². The van der Waals surface area contributed by atoms with Crippen molar-refractivity contribution in [1.29, 1.82) is 0 Å². The Bertz CT molecular complexity index is 768. The maximum Gasteiger partial charge on any atom is 0.241 e. The summed E-state index contributed by atoms with van der Waals surface area (Å²) in [6.45, 7) is 4.30. The van der Waals surface area contributed by atoms with Gasteiger partial charge in [-0.3, -0.25) is 14.9 Å². The molecule has 1 aliphatic carbocycles. The summed E-state index contributed by atoms with van der Waals surface area (Å²) in [6, 6.07) is 17.4. The minimum absolute atomic E-state index is 0.00163. The van der Waals surface area contributed by atoms with Crippen molar-refractivity contribution in [3.63, 3.8) is 0 Å². The van der Waals surface area contributed by atoms with Crippen LogP contribution in [0.15, 0.2) is 54.6 Å². The van der Waals surface area contributed by atoms with Gasteiger partial charge in [-0.15, -0.1) is 0 Å². The van der Waals surface area contributed by atoms with Gasteiger partial charge in [0.15, 0.2) is 0 Å². The van der Waals surface area contributed by atoms with E-state index in [0.717, 1.165) is 29.7 Å². The minimum atomic E-state index is -0.382. The van der Waals surface area contributed by atoms with Crippen molar-refractivity contribution >= 4 is 17.5 Å². The SMILES string of the molecule is CC(C)C(=O)Nc1ccc(CNC(C(=O)NC2CC2)c2ccccc2)cc1. The molecule has 27 heavy (non-hydrogen) atoms. The van der Waals surface area contributed by atoms with Crippen molar-refractivity contribution in [3.05, 3.63) is 65.7 Å². The molecule has 142 valence electrons. The molecule has 0 bridgehead atoms. The van der Waals surface area contributed by atoms with Crippen LogP contribution >= 0.6 is 0 Å². The van der Waals surface area contributed by atoms with Crippen LogP contribution in [-0.4, -0.2) is 17.9 Å². The van der Waals surface area contributed by atoms with Gasteiger partial charge in [-0.2, -0.15) is 0 Å². The van der Waals surface area contributed by atoms with Gasteiger partial charge in [0.05, 0.1) is 0 Å². The number of carbonyl (C=O) groups is 2. The molecule has 2 amide bonds. The molecule has 0 saturated heterocycles. The van der Waals surface area contributed by atoms with E-state index < -0.39 is 0 Å². The first-order valence-electron chi connectivity index (χ1n) is 9.51. The number of rotatable bonds is 8. The van der Waals surface area contributed by atoms with Crippen LogP contribution in [0.5, 0.6) is 0 Å². The lowest BCUT2D eigenvalue weighted by Crippen LogP contribution is -2.38. The number of benzene rings is 2. The topological polar surface area (TPSA) is 70.2 Å². The predicted octanol–water partition coefficient (Wildman–Crippen LogP) is 3.39. The van der Waals surface area contributed by atoms with Gasteiger partial charge in [0.1, 0.15) is 6.04 Å². The highest BCUT2D eigenvalue weighted by molar-refractivity contribution is 5.92. The molecule has 0 spiro atoms. The number of nitrogens with one attached hydrogen (secondary N) is 3. The Hall–Kier alpha value is -2.66. The van der Waals surface area contributed by atoms with Crippen LogP contribution in [0, 0.1) is 5.92 Å². The molecule has 1 atom stereocenters. The lowest BCUT2D eigenvalue weighted by Gasteiger charge is -2.19. The fourth-order valence-corrected chi connectivity index (χ4v) is 2.73. The maximum absolute atomic E-state index is 12.6. The Morgan fingerprint density at radius 2 is 1.63 bits per heavy atom. The van der Waals surface area contributed by atoms with Crippen LogP contribution < -0.4 is 16.0 Å². The van der Waals surface area contributed by atoms with E-state index in [1.165, 1.54) is 0 Å². The summed E-state index contributed by atoms with van der Waals surface area (Å²) in [5.74, 6) is -0.0331. The van der Waals surface area contributed by atoms with E-state index in [1.807, 2.05) is 68.4 Å². The summed E-state index contributed by atoms with van der Waals surface area (Å²) >= 11 is 0. The molecule has 1 aliphatic rings. The Morgan fingerprint density at radius 1 is 0.963 bits per heavy atom. The van der Waals surface area contributed by atoms with Gasteiger partial charge >= 0.3 is 0 Å². The van der Waals surface area contributed by atoms with Gasteiger partial charge in [0.2, 0.25) is 11.8 Å². The van der Waals surface area contributed by atoms with E-state index in [1.54, 1.807) is 0 Å². The van der Waals surface area contributed by atoms with Gasteiger partial charge in [-0.05, 0) is 36.1 Å². The lowest BCUT2D eigenvalue weighted by molar-refractivity contribution is -0.123. The average molecular weight is 365 g/mol. The summed E-state index contributed by atoms with van der Waals surface area (Å²) in [4.78, 5) is 24.4. The van der Waals surface area contributed by atoms with Crippen molar-refractivity contribution in [1.82, 2.24) is 10.6 Å². The zero-order valence-electron chi connectivity index (χ0n) is 15.9. The third-order valence-corrected chi connectivity index (χ3v) is 4.57. The van der Waals surface area contributed by atoms with Crippen molar-refractivity contribution in [2.24, 2.45) is 5.92 Å². The molecular weight excluding hydrogens is 338 g/mol. The summed E-state index contributed by atoms with van der Waals surface area (Å²) in [7, 11) is 0. The van der Waals surface area contributed by atoms with Gasteiger partial charge in [-0.25, -0.2) is 0 Å². The molecule has 1 fully saturated rings. The normalized spacial score (nSPS) is 14.6. The van der Waals surface area contributed by atoms with E-state index in [2.05, 4.69) is 16.0 Å². The molecule has 5 heteroatoms. The van der Waals surface area contributed by atoms with Crippen molar-refractivity contribution < 1.29 is 9.59 Å². The molecule has 1 unspecified atom stereocenters. The first-order chi connectivity index (χ1) is 13.0. The minimum Gasteiger partial charge on any atom is -0.352 e. The van der Waals surface area contributed by atoms with Crippen LogP contribution in [0.1, 0.15) is 43.9 Å². The van der Waals surface area contributed by atoms with Gasteiger partial charge < -0.3 is 10.6 Å². The monoisotopic (exact) mass is 365 g/mol. The maximum atomic E-state index is 12.6. The second-order valence-electron chi connectivity index (χ2n) is 7.35. The molecule has 1 saturated carbocycles. The third kappa shape index (κ3) is 5.66. The molecule has 3 N–H and O–H groups in total. The average Bonchev–Trinajstić information content (AvgIpc) is 3.48. The Balaban J connectivity index is 1.62. The van der Waals surface area contributed by atoms with Crippen LogP contribution in [0.4, 0.5) is 5.69 Å². The Kier molecular flexibility index (Phi) is 6.24. The highest BCUT2D eigenvalue weighted by Crippen LogP contribution is 2.21. The van der Waals surface area contributed by atoms with Crippen LogP contribution in [-0.2, 0) is 16.1 Å². The molecule has 5 nitrogen and oxygen atoms in total. The van der Waals surface area contributed by atoms with Crippen LogP contribution in [0.2, 0.25) is 0 Å². The summed E-state index contributed by atoms with van der Waals surface area (Å²) in [5, 5.41) is 9.33. The standard InChI is InChI=1S/C22H27N3O2/c1-15(2)21(26)24-18-10-8-16(9-11-18)14-23-20(17-6-4-3-5-7-17)22(27)25-19-12-13-19/h3-11,15,19-20,23H,12-14H2,1-2H3,(H,24,26)(H,25,27). The molecule has 0 heterocycles. The quantitative estimate of drug-likeness (QED) is 0.672. The second-order valence-corrected chi connectivity index (χ2v) is 7.35. The number of amides is 2. The molecule has 2 aromatic rings. The zero-order valence-corrected chi connectivity index (χ0v) is 15.9. The number of anilines is 1. The van der Waals surface area contributed by atoms with Gasteiger partial charge in [-0.1, -0.05) is 56.3 Å². The fraction of sp³-hybridized carbons (Fsp3) is 0.364. The number of hydrogen-bond donors (Lipinski definition) is 3. The number of hydrogen-bond acceptors (Lipinski definition) is 3. The lowest BCUT2D eigenvalue weighted by atomic mass is 10.1. The molecule has 3 rings (SSSR count). The highest BCUT2D eigenvalue weighted by atomic mass is 16.2. The summed E-state index contributed by atoms with van der Waals surface area (Å²) < 4.78 is 0. The van der Waals surface area contributed by atoms with Crippen molar-refractivity contribution in [2.75, 3.05) is 5.32 Å². The third-order valence-electron chi connectivity index (χ3n) is 4.57. The summed E-state index contributed by atoms with van der Waals surface area (Å²) in [5.41, 5.74) is 2.79. The second kappa shape index (κ2) is 8.82. The molecule has 0 aromatic heterocycles. The summed E-state index contributed by atoms with van der Waals surface area (Å²) in [6.07, 6.45) is 2.13. The molecular formula is C22H27N3O2.